The Morgan fingerprint density at radius 3 is 2.52 bits per heavy atom. The summed E-state index contributed by atoms with van der Waals surface area (Å²) in [5.74, 6) is 1.95. The van der Waals surface area contributed by atoms with E-state index in [1.54, 1.807) is 7.11 Å². The number of methoxy groups -OCH3 is 1. The molecule has 6 heteroatoms. The topological polar surface area (TPSA) is 73.5 Å². The highest BCUT2D eigenvalue weighted by molar-refractivity contribution is 5.47. The molecule has 21 heavy (non-hydrogen) atoms. The van der Waals surface area contributed by atoms with E-state index < -0.39 is 0 Å². The van der Waals surface area contributed by atoms with Gasteiger partial charge in [0.25, 0.3) is 0 Å². The van der Waals surface area contributed by atoms with Crippen molar-refractivity contribution in [1.82, 2.24) is 9.97 Å². The number of hydrogen-bond acceptors (Lipinski definition) is 6. The first-order valence-corrected chi connectivity index (χ1v) is 7.62. The fourth-order valence-corrected chi connectivity index (χ4v) is 2.31. The minimum atomic E-state index is 0.384. The molecule has 0 atom stereocenters. The maximum Gasteiger partial charge on any atom is 0.158 e. The third-order valence-electron chi connectivity index (χ3n) is 3.43. The third-order valence-corrected chi connectivity index (χ3v) is 3.43. The van der Waals surface area contributed by atoms with Gasteiger partial charge in [-0.15, -0.1) is 0 Å². The summed E-state index contributed by atoms with van der Waals surface area (Å²) in [4.78, 5) is 11.1. The van der Waals surface area contributed by atoms with Crippen LogP contribution >= 0.6 is 0 Å². The molecule has 1 heterocycles. The van der Waals surface area contributed by atoms with Crippen LogP contribution in [0.2, 0.25) is 0 Å². The molecule has 0 aliphatic carbocycles. The first kappa shape index (κ1) is 17.7. The van der Waals surface area contributed by atoms with Crippen LogP contribution in [0.1, 0.15) is 39.4 Å². The maximum atomic E-state index is 5.92. The molecule has 0 saturated heterocycles. The van der Waals surface area contributed by atoms with Gasteiger partial charge in [-0.05, 0) is 19.8 Å². The molecule has 0 radical (unpaired) electrons. The second-order valence-corrected chi connectivity index (χ2v) is 4.86. The van der Waals surface area contributed by atoms with E-state index in [1.165, 1.54) is 0 Å². The summed E-state index contributed by atoms with van der Waals surface area (Å²) in [5.41, 5.74) is 5.92. The van der Waals surface area contributed by atoms with Crippen molar-refractivity contribution in [3.8, 4) is 0 Å². The lowest BCUT2D eigenvalue weighted by Crippen LogP contribution is -2.38. The molecule has 0 amide bonds. The van der Waals surface area contributed by atoms with Gasteiger partial charge in [-0.1, -0.05) is 13.8 Å². The Labute approximate surface area is 127 Å². The maximum absolute atomic E-state index is 5.92. The molecule has 1 aromatic heterocycles. The van der Waals surface area contributed by atoms with Gasteiger partial charge in [0.2, 0.25) is 0 Å². The summed E-state index contributed by atoms with van der Waals surface area (Å²) >= 11 is 0. The Bertz CT molecular complexity index is 411. The fraction of sp³-hybridized carbons (Fsp3) is 0.733. The summed E-state index contributed by atoms with van der Waals surface area (Å²) in [6.07, 6.45) is 2.09. The van der Waals surface area contributed by atoms with E-state index in [4.69, 9.17) is 15.2 Å². The molecule has 1 aromatic rings. The van der Waals surface area contributed by atoms with E-state index >= 15 is 0 Å². The monoisotopic (exact) mass is 296 g/mol. The van der Waals surface area contributed by atoms with Crippen molar-refractivity contribution in [2.45, 2.75) is 46.3 Å². The third kappa shape index (κ3) is 5.47. The van der Waals surface area contributed by atoms with Crippen LogP contribution in [0.15, 0.2) is 6.07 Å². The molecule has 0 bridgehead atoms. The lowest BCUT2D eigenvalue weighted by Gasteiger charge is -2.31. The fourth-order valence-electron chi connectivity index (χ4n) is 2.31. The van der Waals surface area contributed by atoms with E-state index in [1.807, 2.05) is 13.0 Å². The standard InChI is InChI=1S/C15H28N4O2/c1-5-12(6-2)19(8-9-20-4)15-10-13(16)17-14(18-15)11-21-7-3/h10,12H,5-9,11H2,1-4H3,(H2,16,17,18). The number of aromatic nitrogens is 2. The number of nitrogens with zero attached hydrogens (tertiary/aromatic N) is 3. The number of rotatable bonds is 10. The van der Waals surface area contributed by atoms with Gasteiger partial charge in [0, 0.05) is 32.4 Å². The zero-order valence-corrected chi connectivity index (χ0v) is 13.6. The first-order chi connectivity index (χ1) is 10.2. The highest BCUT2D eigenvalue weighted by Crippen LogP contribution is 2.20. The lowest BCUT2D eigenvalue weighted by molar-refractivity contribution is 0.128. The van der Waals surface area contributed by atoms with Crippen LogP contribution in [0.3, 0.4) is 0 Å². The van der Waals surface area contributed by atoms with E-state index in [2.05, 4.69) is 28.7 Å². The minimum absolute atomic E-state index is 0.384. The van der Waals surface area contributed by atoms with Gasteiger partial charge in [-0.2, -0.15) is 0 Å². The minimum Gasteiger partial charge on any atom is -0.384 e. The molecule has 0 fully saturated rings. The van der Waals surface area contributed by atoms with Crippen LogP contribution in [0, 0.1) is 0 Å². The van der Waals surface area contributed by atoms with E-state index in [0.29, 0.717) is 37.5 Å². The number of anilines is 2. The predicted octanol–water partition coefficient (Wildman–Crippen LogP) is 2.24. The average molecular weight is 296 g/mol. The molecule has 1 rings (SSSR count). The Morgan fingerprint density at radius 1 is 1.24 bits per heavy atom. The van der Waals surface area contributed by atoms with Gasteiger partial charge in [0.05, 0.1) is 6.61 Å². The van der Waals surface area contributed by atoms with Crippen LogP contribution < -0.4 is 10.6 Å². The second-order valence-electron chi connectivity index (χ2n) is 4.86. The van der Waals surface area contributed by atoms with E-state index in [-0.39, 0.29) is 0 Å². The van der Waals surface area contributed by atoms with Gasteiger partial charge in [-0.3, -0.25) is 0 Å². The molecule has 0 unspecified atom stereocenters. The molecule has 120 valence electrons. The zero-order valence-electron chi connectivity index (χ0n) is 13.6. The predicted molar refractivity (Wildman–Crippen MR) is 85.4 cm³/mol. The summed E-state index contributed by atoms with van der Waals surface area (Å²) in [7, 11) is 1.71. The van der Waals surface area contributed by atoms with Gasteiger partial charge in [0.15, 0.2) is 5.82 Å². The molecule has 0 aromatic carbocycles. The van der Waals surface area contributed by atoms with Crippen molar-refractivity contribution < 1.29 is 9.47 Å². The summed E-state index contributed by atoms with van der Waals surface area (Å²) in [6.45, 7) is 8.76. The van der Waals surface area contributed by atoms with Crippen molar-refractivity contribution in [3.63, 3.8) is 0 Å². The molecule has 0 aliphatic heterocycles. The van der Waals surface area contributed by atoms with Gasteiger partial charge in [-0.25, -0.2) is 9.97 Å². The molecule has 6 nitrogen and oxygen atoms in total. The van der Waals surface area contributed by atoms with Crippen molar-refractivity contribution in [3.05, 3.63) is 11.9 Å². The number of nitrogen functional groups attached to an aromatic ring is 1. The molecular formula is C15H28N4O2. The van der Waals surface area contributed by atoms with Crippen molar-refractivity contribution >= 4 is 11.6 Å². The highest BCUT2D eigenvalue weighted by atomic mass is 16.5. The molecule has 0 aliphatic rings. The lowest BCUT2D eigenvalue weighted by atomic mass is 10.1. The van der Waals surface area contributed by atoms with E-state index in [9.17, 15) is 0 Å². The first-order valence-electron chi connectivity index (χ1n) is 7.62. The second kappa shape index (κ2) is 9.52. The Morgan fingerprint density at radius 2 is 1.95 bits per heavy atom. The molecule has 2 N–H and O–H groups in total. The Hall–Kier alpha value is -1.40. The molecule has 0 spiro atoms. The van der Waals surface area contributed by atoms with Gasteiger partial charge < -0.3 is 20.1 Å². The van der Waals surface area contributed by atoms with Crippen molar-refractivity contribution in [1.29, 1.82) is 0 Å². The zero-order chi connectivity index (χ0) is 15.7. The van der Waals surface area contributed by atoms with Crippen LogP contribution in [0.25, 0.3) is 0 Å². The number of nitrogens with two attached hydrogens (primary N) is 1. The molecule has 0 saturated carbocycles. The van der Waals surface area contributed by atoms with Crippen LogP contribution in [-0.2, 0) is 16.1 Å². The van der Waals surface area contributed by atoms with Gasteiger partial charge >= 0.3 is 0 Å². The quantitative estimate of drug-likeness (QED) is 0.714. The van der Waals surface area contributed by atoms with Crippen LogP contribution in [0.5, 0.6) is 0 Å². The van der Waals surface area contributed by atoms with Gasteiger partial charge in [0.1, 0.15) is 18.2 Å². The largest absolute Gasteiger partial charge is 0.384 e. The average Bonchev–Trinajstić information content (AvgIpc) is 2.48. The summed E-state index contributed by atoms with van der Waals surface area (Å²) in [6, 6.07) is 2.23. The normalized spacial score (nSPS) is 11.1. The van der Waals surface area contributed by atoms with Crippen LogP contribution in [-0.4, -0.2) is 42.9 Å². The van der Waals surface area contributed by atoms with Crippen molar-refractivity contribution in [2.24, 2.45) is 0 Å². The Balaban J connectivity index is 3.01. The number of ether oxygens (including phenoxy) is 2. The smallest absolute Gasteiger partial charge is 0.158 e. The molecular weight excluding hydrogens is 268 g/mol. The Kier molecular flexibility index (Phi) is 8.00. The number of hydrogen-bond donors (Lipinski definition) is 1. The van der Waals surface area contributed by atoms with E-state index in [0.717, 1.165) is 25.2 Å². The van der Waals surface area contributed by atoms with Crippen molar-refractivity contribution in [2.75, 3.05) is 37.5 Å². The van der Waals surface area contributed by atoms with Crippen LogP contribution in [0.4, 0.5) is 11.6 Å². The summed E-state index contributed by atoms with van der Waals surface area (Å²) in [5, 5.41) is 0. The summed E-state index contributed by atoms with van der Waals surface area (Å²) < 4.78 is 10.6. The highest BCUT2D eigenvalue weighted by Gasteiger charge is 2.18. The SMILES string of the molecule is CCOCc1nc(N)cc(N(CCOC)C(CC)CC)n1.